The van der Waals surface area contributed by atoms with E-state index in [1.807, 2.05) is 18.0 Å². The number of hydrogen-bond acceptors (Lipinski definition) is 5. The molecule has 0 spiro atoms. The molecule has 1 aliphatic carbocycles. The van der Waals surface area contributed by atoms with Gasteiger partial charge in [-0.05, 0) is 30.4 Å². The average Bonchev–Trinajstić information content (AvgIpc) is 3.15. The largest absolute Gasteiger partial charge is 0.379 e. The van der Waals surface area contributed by atoms with E-state index in [0.717, 1.165) is 51.3 Å². The Morgan fingerprint density at radius 1 is 1.31 bits per heavy atom. The molecule has 1 aromatic heterocycles. The maximum absolute atomic E-state index is 12.9. The first-order chi connectivity index (χ1) is 12.7. The van der Waals surface area contributed by atoms with E-state index < -0.39 is 0 Å². The third-order valence-electron chi connectivity index (χ3n) is 5.39. The van der Waals surface area contributed by atoms with Crippen LogP contribution in [0.15, 0.2) is 34.9 Å². The lowest BCUT2D eigenvalue weighted by molar-refractivity contribution is 0.0305. The molecule has 2 heterocycles. The number of fused-ring (bicyclic) bond motifs is 1. The molecule has 1 saturated heterocycles. The zero-order chi connectivity index (χ0) is 17.9. The molecule has 0 saturated carbocycles. The molecule has 1 aromatic carbocycles. The lowest BCUT2D eigenvalue weighted by Gasteiger charge is -2.32. The lowest BCUT2D eigenvalue weighted by Crippen LogP contribution is -2.35. The summed E-state index contributed by atoms with van der Waals surface area (Å²) in [6.45, 7) is 3.90. The third-order valence-corrected chi connectivity index (χ3v) is 5.39. The zero-order valence-corrected chi connectivity index (χ0v) is 15.2. The molecule has 2 aromatic rings. The summed E-state index contributed by atoms with van der Waals surface area (Å²) in [5.74, 6) is 0.649. The molecular formula is C20H25N3O3. The van der Waals surface area contributed by atoms with E-state index in [0.29, 0.717) is 12.2 Å². The molecule has 0 unspecified atom stereocenters. The van der Waals surface area contributed by atoms with Gasteiger partial charge in [0, 0.05) is 26.2 Å². The molecule has 1 aliphatic heterocycles. The van der Waals surface area contributed by atoms with E-state index in [1.165, 1.54) is 11.1 Å². The Morgan fingerprint density at radius 2 is 2.12 bits per heavy atom. The topological polar surface area (TPSA) is 58.8 Å². The van der Waals surface area contributed by atoms with Crippen LogP contribution < -0.4 is 0 Å². The minimum atomic E-state index is -0.0799. The van der Waals surface area contributed by atoms with E-state index in [4.69, 9.17) is 9.26 Å². The first-order valence-corrected chi connectivity index (χ1v) is 9.33. The van der Waals surface area contributed by atoms with Gasteiger partial charge in [-0.2, -0.15) is 0 Å². The van der Waals surface area contributed by atoms with Crippen LogP contribution in [-0.2, 0) is 17.7 Å². The molecule has 0 bridgehead atoms. The predicted molar refractivity (Wildman–Crippen MR) is 96.8 cm³/mol. The molecule has 1 amide bonds. The number of hydrogen-bond donors (Lipinski definition) is 0. The zero-order valence-electron chi connectivity index (χ0n) is 15.2. The minimum Gasteiger partial charge on any atom is -0.379 e. The fourth-order valence-electron chi connectivity index (χ4n) is 3.92. The molecule has 1 fully saturated rings. The second-order valence-corrected chi connectivity index (χ2v) is 7.09. The van der Waals surface area contributed by atoms with E-state index in [-0.39, 0.29) is 11.9 Å². The van der Waals surface area contributed by atoms with Gasteiger partial charge in [0.1, 0.15) is 0 Å². The first-order valence-electron chi connectivity index (χ1n) is 9.33. The number of benzene rings is 1. The van der Waals surface area contributed by atoms with Crippen LogP contribution in [0, 0.1) is 0 Å². The highest BCUT2D eigenvalue weighted by Gasteiger charge is 2.28. The number of amides is 1. The summed E-state index contributed by atoms with van der Waals surface area (Å²) in [7, 11) is 1.87. The van der Waals surface area contributed by atoms with Crippen molar-refractivity contribution in [2.24, 2.45) is 0 Å². The van der Waals surface area contributed by atoms with Gasteiger partial charge in [-0.25, -0.2) is 0 Å². The molecule has 2 aliphatic rings. The summed E-state index contributed by atoms with van der Waals surface area (Å²) in [5, 5.41) is 4.03. The molecule has 4 rings (SSSR count). The molecule has 1 atom stereocenters. The van der Waals surface area contributed by atoms with Gasteiger partial charge in [0.2, 0.25) is 0 Å². The van der Waals surface area contributed by atoms with Gasteiger partial charge in [-0.15, -0.1) is 0 Å². The highest BCUT2D eigenvalue weighted by molar-refractivity contribution is 5.92. The first kappa shape index (κ1) is 17.2. The second-order valence-electron chi connectivity index (χ2n) is 7.09. The van der Waals surface area contributed by atoms with E-state index in [1.54, 1.807) is 6.07 Å². The maximum atomic E-state index is 12.9. The second kappa shape index (κ2) is 7.60. The highest BCUT2D eigenvalue weighted by atomic mass is 16.5. The predicted octanol–water partition coefficient (Wildman–Crippen LogP) is 2.66. The SMILES string of the molecule is CN(C(=O)c1cc(CN2CCOCC2)on1)[C@@H]1CCCc2ccccc21. The number of rotatable bonds is 4. The van der Waals surface area contributed by atoms with Crippen molar-refractivity contribution >= 4 is 5.91 Å². The van der Waals surface area contributed by atoms with Gasteiger partial charge in [-0.1, -0.05) is 29.4 Å². The van der Waals surface area contributed by atoms with Crippen molar-refractivity contribution in [3.8, 4) is 0 Å². The van der Waals surface area contributed by atoms with Crippen LogP contribution >= 0.6 is 0 Å². The van der Waals surface area contributed by atoms with Crippen molar-refractivity contribution in [3.63, 3.8) is 0 Å². The van der Waals surface area contributed by atoms with Gasteiger partial charge < -0.3 is 14.2 Å². The molecule has 6 nitrogen and oxygen atoms in total. The Bertz CT molecular complexity index is 767. The van der Waals surface area contributed by atoms with Crippen LogP contribution in [-0.4, -0.2) is 54.2 Å². The quantitative estimate of drug-likeness (QED) is 0.844. The summed E-state index contributed by atoms with van der Waals surface area (Å²) in [5.41, 5.74) is 2.99. The van der Waals surface area contributed by atoms with Gasteiger partial charge in [0.15, 0.2) is 11.5 Å². The minimum absolute atomic E-state index is 0.0799. The molecule has 26 heavy (non-hydrogen) atoms. The fraction of sp³-hybridized carbons (Fsp3) is 0.500. The van der Waals surface area contributed by atoms with Gasteiger partial charge in [0.25, 0.3) is 5.91 Å². The van der Waals surface area contributed by atoms with E-state index in [2.05, 4.69) is 28.3 Å². The van der Waals surface area contributed by atoms with Crippen molar-refractivity contribution in [1.82, 2.24) is 15.0 Å². The van der Waals surface area contributed by atoms with E-state index >= 15 is 0 Å². The number of ether oxygens (including phenoxy) is 1. The van der Waals surface area contributed by atoms with E-state index in [9.17, 15) is 4.79 Å². The van der Waals surface area contributed by atoms with Gasteiger partial charge in [0.05, 0.1) is 25.8 Å². The third kappa shape index (κ3) is 3.52. The lowest BCUT2D eigenvalue weighted by atomic mass is 9.87. The van der Waals surface area contributed by atoms with Crippen LogP contribution in [0.4, 0.5) is 0 Å². The highest BCUT2D eigenvalue weighted by Crippen LogP contribution is 2.34. The van der Waals surface area contributed by atoms with Crippen LogP contribution in [0.25, 0.3) is 0 Å². The van der Waals surface area contributed by atoms with Gasteiger partial charge in [-0.3, -0.25) is 9.69 Å². The van der Waals surface area contributed by atoms with Crippen LogP contribution in [0.1, 0.15) is 46.3 Å². The van der Waals surface area contributed by atoms with Crippen molar-refractivity contribution < 1.29 is 14.1 Å². The van der Waals surface area contributed by atoms with Crippen LogP contribution in [0.3, 0.4) is 0 Å². The average molecular weight is 355 g/mol. The normalized spacial score (nSPS) is 20.6. The molecule has 6 heteroatoms. The summed E-state index contributed by atoms with van der Waals surface area (Å²) in [4.78, 5) is 17.0. The van der Waals surface area contributed by atoms with Crippen LogP contribution in [0.5, 0.6) is 0 Å². The Hall–Kier alpha value is -2.18. The number of carbonyl (C=O) groups is 1. The van der Waals surface area contributed by atoms with Crippen molar-refractivity contribution in [2.75, 3.05) is 33.4 Å². The maximum Gasteiger partial charge on any atom is 0.276 e. The number of nitrogens with zero attached hydrogens (tertiary/aromatic N) is 3. The Morgan fingerprint density at radius 3 is 2.96 bits per heavy atom. The summed E-state index contributed by atoms with van der Waals surface area (Å²) in [6, 6.07) is 10.3. The monoisotopic (exact) mass is 355 g/mol. The summed E-state index contributed by atoms with van der Waals surface area (Å²) < 4.78 is 10.8. The Kier molecular flexibility index (Phi) is 5.04. The molecule has 0 radical (unpaired) electrons. The summed E-state index contributed by atoms with van der Waals surface area (Å²) in [6.07, 6.45) is 3.17. The number of carbonyl (C=O) groups excluding carboxylic acids is 1. The molecular weight excluding hydrogens is 330 g/mol. The van der Waals surface area contributed by atoms with Gasteiger partial charge >= 0.3 is 0 Å². The summed E-state index contributed by atoms with van der Waals surface area (Å²) >= 11 is 0. The Balaban J connectivity index is 1.46. The number of aromatic nitrogens is 1. The smallest absolute Gasteiger partial charge is 0.276 e. The molecule has 0 N–H and O–H groups in total. The van der Waals surface area contributed by atoms with Crippen molar-refractivity contribution in [1.29, 1.82) is 0 Å². The van der Waals surface area contributed by atoms with Crippen molar-refractivity contribution in [2.45, 2.75) is 31.8 Å². The molecule has 138 valence electrons. The Labute approximate surface area is 153 Å². The fourth-order valence-corrected chi connectivity index (χ4v) is 3.92. The van der Waals surface area contributed by atoms with Crippen LogP contribution in [0.2, 0.25) is 0 Å². The number of aryl methyl sites for hydroxylation is 1. The number of morpholine rings is 1. The van der Waals surface area contributed by atoms with Crippen molar-refractivity contribution in [3.05, 3.63) is 52.9 Å². The standard InChI is InChI=1S/C20H25N3O3/c1-22(19-8-4-6-15-5-2-3-7-17(15)19)20(24)18-13-16(26-21-18)14-23-9-11-25-12-10-23/h2-3,5,7,13,19H,4,6,8-12,14H2,1H3/t19-/m1/s1.